The molecule has 146 valence electrons. The van der Waals surface area contributed by atoms with Crippen LogP contribution in [0, 0.1) is 0 Å². The third-order valence-corrected chi connectivity index (χ3v) is 7.51. The summed E-state index contributed by atoms with van der Waals surface area (Å²) in [6, 6.07) is 6.19. The Balaban J connectivity index is 1.59. The summed E-state index contributed by atoms with van der Waals surface area (Å²) in [6.45, 7) is 3.29. The third-order valence-electron chi connectivity index (χ3n) is 5.28. The zero-order valence-electron chi connectivity index (χ0n) is 16.5. The second-order valence-electron chi connectivity index (χ2n) is 7.43. The van der Waals surface area contributed by atoms with E-state index in [1.165, 1.54) is 76.4 Å². The van der Waals surface area contributed by atoms with Crippen LogP contribution in [0.2, 0.25) is 0 Å². The zero-order chi connectivity index (χ0) is 18.5. The monoisotopic (exact) mass is 392 g/mol. The molecule has 1 aliphatic rings. The van der Waals surface area contributed by atoms with Gasteiger partial charge < -0.3 is 5.32 Å². The number of rotatable bonds is 13. The van der Waals surface area contributed by atoms with E-state index in [0.717, 1.165) is 23.6 Å². The van der Waals surface area contributed by atoms with Crippen LogP contribution < -0.4 is 5.32 Å². The van der Waals surface area contributed by atoms with E-state index in [0.29, 0.717) is 0 Å². The number of thioether (sulfide) groups is 1. The van der Waals surface area contributed by atoms with E-state index in [2.05, 4.69) is 29.4 Å². The fourth-order valence-electron chi connectivity index (χ4n) is 3.70. The van der Waals surface area contributed by atoms with Crippen molar-refractivity contribution in [3.63, 3.8) is 0 Å². The standard InChI is InChI=1S/C22H36N2S2/c1-2-3-4-5-6-7-8-9-10-12-18-24-21(25)22(16-14-19-26-22)20-15-11-13-17-23-20/h11,13,15,17H,2-10,12,14,16,18-19H2,1H3,(H,24,25). The molecular formula is C22H36N2S2. The van der Waals surface area contributed by atoms with E-state index in [9.17, 15) is 0 Å². The van der Waals surface area contributed by atoms with Gasteiger partial charge >= 0.3 is 0 Å². The highest BCUT2D eigenvalue weighted by molar-refractivity contribution is 8.02. The highest BCUT2D eigenvalue weighted by Crippen LogP contribution is 2.46. The van der Waals surface area contributed by atoms with Crippen LogP contribution in [-0.2, 0) is 4.75 Å². The average Bonchev–Trinajstić information content (AvgIpc) is 3.18. The molecule has 0 spiro atoms. The molecule has 2 nitrogen and oxygen atoms in total. The minimum absolute atomic E-state index is 0.0882. The SMILES string of the molecule is CCCCCCCCCCCCNC(=S)C1(c2ccccn2)CCCS1. The van der Waals surface area contributed by atoms with Crippen LogP contribution in [-0.4, -0.2) is 22.3 Å². The molecule has 0 aromatic carbocycles. The van der Waals surface area contributed by atoms with Crippen molar-refractivity contribution in [1.82, 2.24) is 10.3 Å². The van der Waals surface area contributed by atoms with Gasteiger partial charge in [0.25, 0.3) is 0 Å². The summed E-state index contributed by atoms with van der Waals surface area (Å²) in [5.41, 5.74) is 1.13. The van der Waals surface area contributed by atoms with Crippen LogP contribution in [0.15, 0.2) is 24.4 Å². The second-order valence-corrected chi connectivity index (χ2v) is 9.23. The maximum absolute atomic E-state index is 5.81. The third kappa shape index (κ3) is 6.84. The van der Waals surface area contributed by atoms with Gasteiger partial charge in [0.05, 0.1) is 10.7 Å². The molecule has 1 aromatic rings. The number of pyridine rings is 1. The molecule has 1 aromatic heterocycles. The molecule has 1 aliphatic heterocycles. The van der Waals surface area contributed by atoms with E-state index < -0.39 is 0 Å². The molecule has 26 heavy (non-hydrogen) atoms. The fraction of sp³-hybridized carbons (Fsp3) is 0.727. The number of nitrogens with one attached hydrogen (secondary N) is 1. The summed E-state index contributed by atoms with van der Waals surface area (Å²) in [7, 11) is 0. The predicted octanol–water partition coefficient (Wildman–Crippen LogP) is 6.64. The summed E-state index contributed by atoms with van der Waals surface area (Å²) < 4.78 is -0.0882. The first kappa shape index (κ1) is 21.7. The molecule has 2 rings (SSSR count). The Morgan fingerprint density at radius 3 is 2.35 bits per heavy atom. The van der Waals surface area contributed by atoms with Crippen LogP contribution in [0.25, 0.3) is 0 Å². The van der Waals surface area contributed by atoms with Gasteiger partial charge in [0.1, 0.15) is 4.75 Å². The smallest absolute Gasteiger partial charge is 0.108 e. The van der Waals surface area contributed by atoms with E-state index in [1.54, 1.807) is 0 Å². The molecular weight excluding hydrogens is 356 g/mol. The van der Waals surface area contributed by atoms with Crippen molar-refractivity contribution in [3.8, 4) is 0 Å². The van der Waals surface area contributed by atoms with Crippen LogP contribution in [0.4, 0.5) is 0 Å². The minimum Gasteiger partial charge on any atom is -0.378 e. The van der Waals surface area contributed by atoms with Crippen molar-refractivity contribution in [2.24, 2.45) is 0 Å². The summed E-state index contributed by atoms with van der Waals surface area (Å²) >= 11 is 7.77. The first-order valence-corrected chi connectivity index (χ1v) is 12.0. The van der Waals surface area contributed by atoms with Crippen molar-refractivity contribution in [3.05, 3.63) is 30.1 Å². The average molecular weight is 393 g/mol. The molecule has 1 unspecified atom stereocenters. The van der Waals surface area contributed by atoms with Crippen LogP contribution in [0.5, 0.6) is 0 Å². The first-order valence-electron chi connectivity index (χ1n) is 10.6. The van der Waals surface area contributed by atoms with Crippen molar-refractivity contribution in [2.45, 2.75) is 88.7 Å². The maximum Gasteiger partial charge on any atom is 0.108 e. The van der Waals surface area contributed by atoms with Gasteiger partial charge in [-0.3, -0.25) is 4.98 Å². The molecule has 0 aliphatic carbocycles. The van der Waals surface area contributed by atoms with Crippen LogP contribution >= 0.6 is 24.0 Å². The summed E-state index contributed by atoms with van der Waals surface area (Å²) in [4.78, 5) is 5.61. The highest BCUT2D eigenvalue weighted by Gasteiger charge is 2.41. The topological polar surface area (TPSA) is 24.9 Å². The Morgan fingerprint density at radius 1 is 1.08 bits per heavy atom. The molecule has 1 N–H and O–H groups in total. The van der Waals surface area contributed by atoms with Gasteiger partial charge in [-0.2, -0.15) is 0 Å². The molecule has 2 heterocycles. The van der Waals surface area contributed by atoms with Crippen molar-refractivity contribution in [1.29, 1.82) is 0 Å². The molecule has 0 saturated carbocycles. The van der Waals surface area contributed by atoms with E-state index >= 15 is 0 Å². The maximum atomic E-state index is 5.81. The van der Waals surface area contributed by atoms with E-state index in [4.69, 9.17) is 12.2 Å². The highest BCUT2D eigenvalue weighted by atomic mass is 32.2. The Hall–Kier alpha value is -0.610. The van der Waals surface area contributed by atoms with Crippen molar-refractivity contribution < 1.29 is 0 Å². The predicted molar refractivity (Wildman–Crippen MR) is 120 cm³/mol. The summed E-state index contributed by atoms with van der Waals surface area (Å²) in [6.07, 6.45) is 17.9. The van der Waals surface area contributed by atoms with Gasteiger partial charge in [-0.05, 0) is 37.1 Å². The molecule has 1 atom stereocenters. The van der Waals surface area contributed by atoms with Gasteiger partial charge in [0.15, 0.2) is 0 Å². The Labute approximate surface area is 170 Å². The minimum atomic E-state index is -0.0882. The number of nitrogens with zero attached hydrogens (tertiary/aromatic N) is 1. The largest absolute Gasteiger partial charge is 0.378 e. The van der Waals surface area contributed by atoms with Gasteiger partial charge in [-0.1, -0.05) is 83.0 Å². The van der Waals surface area contributed by atoms with Crippen LogP contribution in [0.1, 0.15) is 89.7 Å². The molecule has 4 heteroatoms. The zero-order valence-corrected chi connectivity index (χ0v) is 18.1. The number of thiocarbonyl (C=S) groups is 1. The van der Waals surface area contributed by atoms with Gasteiger partial charge in [0, 0.05) is 12.7 Å². The van der Waals surface area contributed by atoms with Gasteiger partial charge in [-0.15, -0.1) is 11.8 Å². The van der Waals surface area contributed by atoms with Crippen molar-refractivity contribution in [2.75, 3.05) is 12.3 Å². The Kier molecular flexibility index (Phi) is 10.6. The molecule has 0 bridgehead atoms. The van der Waals surface area contributed by atoms with Gasteiger partial charge in [-0.25, -0.2) is 0 Å². The van der Waals surface area contributed by atoms with E-state index in [1.807, 2.05) is 24.0 Å². The van der Waals surface area contributed by atoms with Crippen LogP contribution in [0.3, 0.4) is 0 Å². The molecule has 1 saturated heterocycles. The second kappa shape index (κ2) is 12.7. The normalized spacial score (nSPS) is 19.6. The number of hydrogen-bond donors (Lipinski definition) is 1. The van der Waals surface area contributed by atoms with Gasteiger partial charge in [0.2, 0.25) is 0 Å². The lowest BCUT2D eigenvalue weighted by molar-refractivity contribution is 0.554. The first-order chi connectivity index (χ1) is 12.8. The molecule has 0 amide bonds. The Bertz CT molecular complexity index is 498. The lowest BCUT2D eigenvalue weighted by Gasteiger charge is -2.29. The Morgan fingerprint density at radius 2 is 1.77 bits per heavy atom. The lowest BCUT2D eigenvalue weighted by Crippen LogP contribution is -2.40. The fourth-order valence-corrected chi connectivity index (χ4v) is 5.58. The number of hydrogen-bond acceptors (Lipinski definition) is 3. The van der Waals surface area contributed by atoms with E-state index in [-0.39, 0.29) is 4.75 Å². The number of unbranched alkanes of at least 4 members (excludes halogenated alkanes) is 9. The molecule has 0 radical (unpaired) electrons. The molecule has 1 fully saturated rings. The van der Waals surface area contributed by atoms with Crippen molar-refractivity contribution >= 4 is 29.0 Å². The lowest BCUT2D eigenvalue weighted by atomic mass is 9.98. The summed E-state index contributed by atoms with van der Waals surface area (Å²) in [5, 5.41) is 3.56. The quantitative estimate of drug-likeness (QED) is 0.300. The number of aromatic nitrogens is 1. The summed E-state index contributed by atoms with van der Waals surface area (Å²) in [5.74, 6) is 1.18.